The second-order valence-electron chi connectivity index (χ2n) is 7.34. The standard InChI is InChI=1S/C21H40O5/c1-2-3-4-5-6-7-8-9-10-11-12-13-14-15-25-19-17-26-18(16-22)20(23)21(19)24/h2-3,18-24H,4-17H2,1H3/b3-2+/t18-,19+,20-,21-/m0/s1. The van der Waals surface area contributed by atoms with Crippen LogP contribution in [0.1, 0.15) is 77.6 Å². The fraction of sp³-hybridized carbons (Fsp3) is 0.905. The summed E-state index contributed by atoms with van der Waals surface area (Å²) in [4.78, 5) is 0. The summed E-state index contributed by atoms with van der Waals surface area (Å²) >= 11 is 0. The zero-order valence-corrected chi connectivity index (χ0v) is 16.5. The van der Waals surface area contributed by atoms with E-state index in [9.17, 15) is 10.2 Å². The molecule has 5 heteroatoms. The van der Waals surface area contributed by atoms with Gasteiger partial charge in [-0.1, -0.05) is 63.5 Å². The Morgan fingerprint density at radius 1 is 0.885 bits per heavy atom. The number of hydrogen-bond acceptors (Lipinski definition) is 5. The second kappa shape index (κ2) is 15.6. The molecule has 0 spiro atoms. The SMILES string of the molecule is C/C=C/CCCCCCCCCCCCO[C@@H]1CO[C@@H](CO)[C@H](O)[C@H]1O. The van der Waals surface area contributed by atoms with Crippen molar-refractivity contribution in [3.63, 3.8) is 0 Å². The van der Waals surface area contributed by atoms with Crippen molar-refractivity contribution < 1.29 is 24.8 Å². The second-order valence-corrected chi connectivity index (χ2v) is 7.34. The largest absolute Gasteiger partial charge is 0.394 e. The Kier molecular flexibility index (Phi) is 14.1. The highest BCUT2D eigenvalue weighted by Crippen LogP contribution is 2.18. The van der Waals surface area contributed by atoms with E-state index in [4.69, 9.17) is 14.6 Å². The van der Waals surface area contributed by atoms with Crippen LogP contribution in [0.3, 0.4) is 0 Å². The molecule has 0 aromatic rings. The third kappa shape index (κ3) is 10.0. The fourth-order valence-electron chi connectivity index (χ4n) is 3.34. The van der Waals surface area contributed by atoms with Crippen molar-refractivity contribution in [2.75, 3.05) is 19.8 Å². The molecule has 0 aromatic carbocycles. The molecule has 26 heavy (non-hydrogen) atoms. The molecule has 1 rings (SSSR count). The van der Waals surface area contributed by atoms with Crippen LogP contribution < -0.4 is 0 Å². The molecule has 0 bridgehead atoms. The van der Waals surface area contributed by atoms with Crippen molar-refractivity contribution in [1.29, 1.82) is 0 Å². The van der Waals surface area contributed by atoms with Crippen LogP contribution in [0.15, 0.2) is 12.2 Å². The lowest BCUT2D eigenvalue weighted by molar-refractivity contribution is -0.208. The van der Waals surface area contributed by atoms with Crippen molar-refractivity contribution in [3.05, 3.63) is 12.2 Å². The average Bonchev–Trinajstić information content (AvgIpc) is 2.65. The summed E-state index contributed by atoms with van der Waals surface area (Å²) in [6, 6.07) is 0. The molecule has 0 amide bonds. The van der Waals surface area contributed by atoms with Crippen LogP contribution in [-0.2, 0) is 9.47 Å². The summed E-state index contributed by atoms with van der Waals surface area (Å²) in [5, 5.41) is 28.8. The topological polar surface area (TPSA) is 79.2 Å². The normalized spacial score (nSPS) is 26.6. The molecule has 1 heterocycles. The summed E-state index contributed by atoms with van der Waals surface area (Å²) in [5.41, 5.74) is 0. The average molecular weight is 373 g/mol. The van der Waals surface area contributed by atoms with Gasteiger partial charge in [-0.25, -0.2) is 0 Å². The third-order valence-electron chi connectivity index (χ3n) is 5.10. The van der Waals surface area contributed by atoms with Crippen molar-refractivity contribution in [3.8, 4) is 0 Å². The van der Waals surface area contributed by atoms with Gasteiger partial charge in [0.15, 0.2) is 0 Å². The molecule has 1 saturated heterocycles. The molecule has 1 aliphatic heterocycles. The number of hydrogen-bond donors (Lipinski definition) is 3. The van der Waals surface area contributed by atoms with Gasteiger partial charge in [-0.15, -0.1) is 0 Å². The zero-order chi connectivity index (χ0) is 19.0. The summed E-state index contributed by atoms with van der Waals surface area (Å²) in [5.74, 6) is 0. The Morgan fingerprint density at radius 2 is 1.46 bits per heavy atom. The number of unbranched alkanes of at least 4 members (excludes halogenated alkanes) is 10. The molecule has 5 nitrogen and oxygen atoms in total. The summed E-state index contributed by atoms with van der Waals surface area (Å²) in [6.45, 7) is 2.59. The van der Waals surface area contributed by atoms with E-state index in [0.717, 1.165) is 12.8 Å². The van der Waals surface area contributed by atoms with E-state index >= 15 is 0 Å². The zero-order valence-electron chi connectivity index (χ0n) is 16.5. The Labute approximate surface area is 159 Å². The first kappa shape index (κ1) is 23.6. The predicted molar refractivity (Wildman–Crippen MR) is 104 cm³/mol. The maximum atomic E-state index is 9.97. The number of aliphatic hydroxyl groups excluding tert-OH is 3. The van der Waals surface area contributed by atoms with E-state index in [-0.39, 0.29) is 13.2 Å². The van der Waals surface area contributed by atoms with Crippen molar-refractivity contribution in [2.24, 2.45) is 0 Å². The molecule has 0 saturated carbocycles. The molecule has 1 aliphatic rings. The molecule has 1 fully saturated rings. The van der Waals surface area contributed by atoms with Gasteiger partial charge in [0.05, 0.1) is 13.2 Å². The molecule has 154 valence electrons. The Hall–Kier alpha value is -0.460. The minimum absolute atomic E-state index is 0.220. The van der Waals surface area contributed by atoms with Crippen molar-refractivity contribution in [2.45, 2.75) is 102 Å². The monoisotopic (exact) mass is 372 g/mol. The van der Waals surface area contributed by atoms with Crippen LogP contribution in [0.5, 0.6) is 0 Å². The van der Waals surface area contributed by atoms with Gasteiger partial charge in [-0.05, 0) is 26.2 Å². The van der Waals surface area contributed by atoms with Crippen LogP contribution in [0.2, 0.25) is 0 Å². The van der Waals surface area contributed by atoms with E-state index in [1.54, 1.807) is 0 Å². The highest BCUT2D eigenvalue weighted by molar-refractivity contribution is 4.87. The molecule has 4 atom stereocenters. The van der Waals surface area contributed by atoms with Crippen molar-refractivity contribution in [1.82, 2.24) is 0 Å². The smallest absolute Gasteiger partial charge is 0.111 e. The van der Waals surface area contributed by atoms with Gasteiger partial charge < -0.3 is 24.8 Å². The van der Waals surface area contributed by atoms with Gasteiger partial charge in [0.1, 0.15) is 24.4 Å². The Bertz CT molecular complexity index is 347. The highest BCUT2D eigenvalue weighted by atomic mass is 16.6. The summed E-state index contributed by atoms with van der Waals surface area (Å²) in [6.07, 6.45) is 15.0. The lowest BCUT2D eigenvalue weighted by Gasteiger charge is -2.36. The molecule has 0 aromatic heterocycles. The summed E-state index contributed by atoms with van der Waals surface area (Å²) < 4.78 is 10.9. The first-order valence-corrected chi connectivity index (χ1v) is 10.5. The lowest BCUT2D eigenvalue weighted by Crippen LogP contribution is -2.55. The minimum Gasteiger partial charge on any atom is -0.394 e. The number of allylic oxidation sites excluding steroid dienone is 2. The lowest BCUT2D eigenvalue weighted by atomic mass is 10.0. The molecule has 0 unspecified atom stereocenters. The van der Waals surface area contributed by atoms with Crippen LogP contribution in [0.25, 0.3) is 0 Å². The Morgan fingerprint density at radius 3 is 2.04 bits per heavy atom. The number of aliphatic hydroxyl groups is 3. The Balaban J connectivity index is 1.86. The maximum absolute atomic E-state index is 9.97. The maximum Gasteiger partial charge on any atom is 0.111 e. The molecule has 3 N–H and O–H groups in total. The van der Waals surface area contributed by atoms with Gasteiger partial charge in [0.2, 0.25) is 0 Å². The first-order valence-electron chi connectivity index (χ1n) is 10.5. The van der Waals surface area contributed by atoms with Crippen LogP contribution >= 0.6 is 0 Å². The van der Waals surface area contributed by atoms with Gasteiger partial charge in [-0.2, -0.15) is 0 Å². The minimum atomic E-state index is -1.08. The molecule has 0 aliphatic carbocycles. The van der Waals surface area contributed by atoms with E-state index in [0.29, 0.717) is 6.61 Å². The van der Waals surface area contributed by atoms with E-state index in [1.165, 1.54) is 57.8 Å². The van der Waals surface area contributed by atoms with Crippen LogP contribution in [0.4, 0.5) is 0 Å². The first-order chi connectivity index (χ1) is 12.7. The molecule has 0 radical (unpaired) electrons. The van der Waals surface area contributed by atoms with Gasteiger partial charge in [-0.3, -0.25) is 0 Å². The molecular formula is C21H40O5. The van der Waals surface area contributed by atoms with Crippen LogP contribution in [0, 0.1) is 0 Å². The number of ether oxygens (including phenoxy) is 2. The van der Waals surface area contributed by atoms with E-state index < -0.39 is 24.4 Å². The highest BCUT2D eigenvalue weighted by Gasteiger charge is 2.38. The molecular weight excluding hydrogens is 332 g/mol. The van der Waals surface area contributed by atoms with Gasteiger partial charge in [0.25, 0.3) is 0 Å². The quantitative estimate of drug-likeness (QED) is 0.303. The van der Waals surface area contributed by atoms with E-state index in [1.807, 2.05) is 0 Å². The van der Waals surface area contributed by atoms with Gasteiger partial charge >= 0.3 is 0 Å². The third-order valence-corrected chi connectivity index (χ3v) is 5.10. The summed E-state index contributed by atoms with van der Waals surface area (Å²) in [7, 11) is 0. The van der Waals surface area contributed by atoms with Gasteiger partial charge in [0, 0.05) is 6.61 Å². The van der Waals surface area contributed by atoms with E-state index in [2.05, 4.69) is 19.1 Å². The van der Waals surface area contributed by atoms with Crippen molar-refractivity contribution >= 4 is 0 Å². The predicted octanol–water partition coefficient (Wildman–Crippen LogP) is 3.35. The fourth-order valence-corrected chi connectivity index (χ4v) is 3.34. The van der Waals surface area contributed by atoms with Crippen LogP contribution in [-0.4, -0.2) is 59.6 Å². The number of rotatable bonds is 15.